The van der Waals surface area contributed by atoms with E-state index < -0.39 is 11.5 Å². The van der Waals surface area contributed by atoms with Gasteiger partial charge in [0.2, 0.25) is 5.91 Å². The van der Waals surface area contributed by atoms with Crippen LogP contribution in [0, 0.1) is 0 Å². The molecule has 1 N–H and O–H groups in total. The van der Waals surface area contributed by atoms with Gasteiger partial charge in [-0.05, 0) is 71.1 Å². The topological polar surface area (TPSA) is 90.4 Å². The maximum absolute atomic E-state index is 13.8. The Hall–Kier alpha value is -2.32. The average Bonchev–Trinajstić information content (AvgIpc) is 2.96. The summed E-state index contributed by atoms with van der Waals surface area (Å²) in [6.45, 7) is 9.52. The number of carbonyl (C=O) groups excluding carboxylic acids is 2. The van der Waals surface area contributed by atoms with Gasteiger partial charge in [0.25, 0.3) is 5.91 Å². The lowest BCUT2D eigenvalue weighted by Gasteiger charge is -2.40. The van der Waals surface area contributed by atoms with Crippen LogP contribution in [0.4, 0.5) is 10.5 Å². The van der Waals surface area contributed by atoms with Crippen molar-refractivity contribution in [2.75, 3.05) is 38.3 Å². The summed E-state index contributed by atoms with van der Waals surface area (Å²) in [6, 6.07) is 3.12. The number of ether oxygens (including phenoxy) is 1. The molecule has 1 aromatic carbocycles. The molecule has 3 rings (SSSR count). The van der Waals surface area contributed by atoms with Gasteiger partial charge in [0.1, 0.15) is 0 Å². The molecule has 0 spiro atoms. The molecule has 9 heteroatoms. The van der Waals surface area contributed by atoms with Gasteiger partial charge >= 0.3 is 6.09 Å². The van der Waals surface area contributed by atoms with Crippen molar-refractivity contribution in [2.24, 2.45) is 0 Å². The molecular weight excluding hydrogens is 458 g/mol. The van der Waals surface area contributed by atoms with Crippen molar-refractivity contribution >= 4 is 35.2 Å². The van der Waals surface area contributed by atoms with Crippen LogP contribution >= 0.6 is 11.6 Å². The van der Waals surface area contributed by atoms with Crippen molar-refractivity contribution in [3.8, 4) is 0 Å². The molecule has 188 valence electrons. The average molecular weight is 494 g/mol. The normalized spacial score (nSPS) is 19.5. The van der Waals surface area contributed by atoms with Crippen molar-refractivity contribution < 1.29 is 24.2 Å². The third kappa shape index (κ3) is 5.03. The molecule has 34 heavy (non-hydrogen) atoms. The highest BCUT2D eigenvalue weighted by molar-refractivity contribution is 6.34. The Kier molecular flexibility index (Phi) is 8.14. The second-order valence-corrected chi connectivity index (χ2v) is 10.4. The van der Waals surface area contributed by atoms with Crippen LogP contribution in [-0.4, -0.2) is 78.2 Å². The van der Waals surface area contributed by atoms with E-state index in [0.29, 0.717) is 36.7 Å². The maximum atomic E-state index is 13.8. The van der Waals surface area contributed by atoms with Crippen molar-refractivity contribution in [1.29, 1.82) is 0 Å². The highest BCUT2D eigenvalue weighted by Crippen LogP contribution is 2.44. The first-order valence-electron chi connectivity index (χ1n) is 12.0. The molecule has 3 amide bonds. The first-order valence-corrected chi connectivity index (χ1v) is 12.3. The van der Waals surface area contributed by atoms with E-state index in [9.17, 15) is 19.5 Å². The molecule has 0 unspecified atom stereocenters. The molecule has 0 saturated carbocycles. The molecule has 2 aliphatic rings. The van der Waals surface area contributed by atoms with Gasteiger partial charge in [0.05, 0.1) is 22.0 Å². The molecule has 0 radical (unpaired) electrons. The van der Waals surface area contributed by atoms with Crippen LogP contribution in [0.25, 0.3) is 0 Å². The number of amides is 3. The molecule has 1 atom stereocenters. The van der Waals surface area contributed by atoms with Gasteiger partial charge in [0.15, 0.2) is 0 Å². The number of hydrogen-bond donors (Lipinski definition) is 1. The van der Waals surface area contributed by atoms with Crippen LogP contribution in [0.15, 0.2) is 12.1 Å². The number of anilines is 1. The van der Waals surface area contributed by atoms with E-state index in [4.69, 9.17) is 16.3 Å². The van der Waals surface area contributed by atoms with Crippen LogP contribution in [-0.2, 0) is 14.9 Å². The number of hydrogen-bond acceptors (Lipinski definition) is 4. The minimum Gasteiger partial charge on any atom is -0.465 e. The molecule has 2 heterocycles. The molecule has 0 aromatic heterocycles. The SMILES string of the molecule is COCCCCN1C(=O)C(C)(C)c2cc(Cl)c(C(=O)N(C(C)C)[C@@H]3CCCN(C(=O)O)C3)cc21. The molecule has 1 aromatic rings. The fourth-order valence-corrected chi connectivity index (χ4v) is 5.31. The Morgan fingerprint density at radius 2 is 2.00 bits per heavy atom. The van der Waals surface area contributed by atoms with E-state index in [1.807, 2.05) is 27.7 Å². The smallest absolute Gasteiger partial charge is 0.407 e. The fourth-order valence-electron chi connectivity index (χ4n) is 5.07. The highest BCUT2D eigenvalue weighted by Gasteiger charge is 2.45. The van der Waals surface area contributed by atoms with Crippen molar-refractivity contribution in [2.45, 2.75) is 70.9 Å². The van der Waals surface area contributed by atoms with Gasteiger partial charge in [-0.2, -0.15) is 0 Å². The Balaban J connectivity index is 1.95. The number of nitrogens with zero attached hydrogens (tertiary/aromatic N) is 3. The van der Waals surface area contributed by atoms with E-state index >= 15 is 0 Å². The number of unbranched alkanes of at least 4 members (excludes halogenated alkanes) is 1. The van der Waals surface area contributed by atoms with Gasteiger partial charge in [0, 0.05) is 45.1 Å². The quantitative estimate of drug-likeness (QED) is 0.542. The molecular formula is C25H36ClN3O5. The number of rotatable bonds is 8. The number of carboxylic acid groups (broad SMARTS) is 1. The standard InChI is InChI=1S/C25H36ClN3O5/c1-16(2)29(17-9-8-10-27(15-17)24(32)33)22(30)18-13-21-19(14-20(18)26)25(3,4)23(31)28(21)11-6-7-12-34-5/h13-14,16-17H,6-12,15H2,1-5H3,(H,32,33)/t17-/m1/s1. The molecule has 0 bridgehead atoms. The maximum Gasteiger partial charge on any atom is 0.407 e. The Bertz CT molecular complexity index is 949. The van der Waals surface area contributed by atoms with E-state index in [1.54, 1.807) is 29.0 Å². The predicted octanol–water partition coefficient (Wildman–Crippen LogP) is 4.38. The largest absolute Gasteiger partial charge is 0.465 e. The second kappa shape index (κ2) is 10.5. The third-order valence-corrected chi connectivity index (χ3v) is 7.20. The highest BCUT2D eigenvalue weighted by atomic mass is 35.5. The summed E-state index contributed by atoms with van der Waals surface area (Å²) in [5.74, 6) is -0.248. The number of carbonyl (C=O) groups is 3. The number of fused-ring (bicyclic) bond motifs is 1. The second-order valence-electron chi connectivity index (χ2n) is 9.96. The molecule has 8 nitrogen and oxygen atoms in total. The van der Waals surface area contributed by atoms with Crippen molar-refractivity contribution in [3.63, 3.8) is 0 Å². The zero-order valence-electron chi connectivity index (χ0n) is 20.8. The molecule has 2 aliphatic heterocycles. The summed E-state index contributed by atoms with van der Waals surface area (Å²) < 4.78 is 5.13. The third-order valence-electron chi connectivity index (χ3n) is 6.89. The Labute approximate surface area is 206 Å². The van der Waals surface area contributed by atoms with Gasteiger partial charge in [-0.25, -0.2) is 4.79 Å². The minimum absolute atomic E-state index is 0.00863. The van der Waals surface area contributed by atoms with Crippen LogP contribution in [0.5, 0.6) is 0 Å². The van der Waals surface area contributed by atoms with Crippen LogP contribution in [0.3, 0.4) is 0 Å². The lowest BCUT2D eigenvalue weighted by molar-refractivity contribution is -0.122. The number of likely N-dealkylation sites (tertiary alicyclic amines) is 1. The molecule has 0 aliphatic carbocycles. The predicted molar refractivity (Wildman–Crippen MR) is 132 cm³/mol. The van der Waals surface area contributed by atoms with Crippen molar-refractivity contribution in [1.82, 2.24) is 9.80 Å². The number of halogens is 1. The Morgan fingerprint density at radius 1 is 1.29 bits per heavy atom. The number of piperidine rings is 1. The minimum atomic E-state index is -0.971. The fraction of sp³-hybridized carbons (Fsp3) is 0.640. The van der Waals surface area contributed by atoms with Gasteiger partial charge in [-0.3, -0.25) is 9.59 Å². The summed E-state index contributed by atoms with van der Waals surface area (Å²) in [4.78, 5) is 43.4. The van der Waals surface area contributed by atoms with Gasteiger partial charge in [-0.15, -0.1) is 0 Å². The lowest BCUT2D eigenvalue weighted by Crippen LogP contribution is -2.53. The van der Waals surface area contributed by atoms with E-state index in [-0.39, 0.29) is 30.4 Å². The van der Waals surface area contributed by atoms with Gasteiger partial charge in [-0.1, -0.05) is 11.6 Å². The summed E-state index contributed by atoms with van der Waals surface area (Å²) >= 11 is 6.64. The van der Waals surface area contributed by atoms with Crippen LogP contribution in [0.1, 0.15) is 69.3 Å². The summed E-state index contributed by atoms with van der Waals surface area (Å²) in [7, 11) is 1.65. The number of methoxy groups -OCH3 is 1. The lowest BCUT2D eigenvalue weighted by atomic mass is 9.85. The summed E-state index contributed by atoms with van der Waals surface area (Å²) in [5, 5.41) is 9.75. The molecule has 1 fully saturated rings. The zero-order valence-corrected chi connectivity index (χ0v) is 21.5. The summed E-state index contributed by atoms with van der Waals surface area (Å²) in [5.41, 5.74) is 1.15. The Morgan fingerprint density at radius 3 is 2.62 bits per heavy atom. The first kappa shape index (κ1) is 26.3. The molecule has 1 saturated heterocycles. The van der Waals surface area contributed by atoms with Gasteiger partial charge < -0.3 is 24.5 Å². The van der Waals surface area contributed by atoms with Crippen molar-refractivity contribution in [3.05, 3.63) is 28.3 Å². The summed E-state index contributed by atoms with van der Waals surface area (Å²) in [6.07, 6.45) is 2.07. The monoisotopic (exact) mass is 493 g/mol. The van der Waals surface area contributed by atoms with Crippen LogP contribution < -0.4 is 4.90 Å². The first-order chi connectivity index (χ1) is 16.0. The van der Waals surface area contributed by atoms with E-state index in [0.717, 1.165) is 30.5 Å². The van der Waals surface area contributed by atoms with E-state index in [2.05, 4.69) is 0 Å². The number of benzene rings is 1. The zero-order chi connectivity index (χ0) is 25.2. The van der Waals surface area contributed by atoms with Crippen LogP contribution in [0.2, 0.25) is 5.02 Å². The van der Waals surface area contributed by atoms with E-state index in [1.165, 1.54) is 4.90 Å².